The smallest absolute Gasteiger partial charge is 0.337 e. The van der Waals surface area contributed by atoms with E-state index in [1.807, 2.05) is 0 Å². The number of esters is 1. The maximum absolute atomic E-state index is 13.2. The monoisotopic (exact) mass is 439 g/mol. The van der Waals surface area contributed by atoms with Crippen molar-refractivity contribution in [2.24, 2.45) is 0 Å². The molecule has 3 aromatic rings. The molecule has 0 aliphatic heterocycles. The van der Waals surface area contributed by atoms with Crippen molar-refractivity contribution in [3.05, 3.63) is 63.5 Å². The van der Waals surface area contributed by atoms with E-state index in [2.05, 4.69) is 18.7 Å². The van der Waals surface area contributed by atoms with Crippen molar-refractivity contribution < 1.29 is 23.8 Å². The van der Waals surface area contributed by atoms with Gasteiger partial charge in [-0.3, -0.25) is 9.69 Å². The number of benzene rings is 2. The largest absolute Gasteiger partial charge is 0.507 e. The van der Waals surface area contributed by atoms with Crippen molar-refractivity contribution in [2.45, 2.75) is 40.2 Å². The first-order chi connectivity index (χ1) is 15.4. The maximum atomic E-state index is 13.2. The molecule has 3 rings (SSSR count). The fourth-order valence-electron chi connectivity index (χ4n) is 3.69. The first-order valence-corrected chi connectivity index (χ1v) is 10.8. The van der Waals surface area contributed by atoms with Crippen LogP contribution in [0.5, 0.6) is 17.2 Å². The highest BCUT2D eigenvalue weighted by Crippen LogP contribution is 2.32. The van der Waals surface area contributed by atoms with E-state index < -0.39 is 5.97 Å². The van der Waals surface area contributed by atoms with Gasteiger partial charge in [0.05, 0.1) is 23.6 Å². The lowest BCUT2D eigenvalue weighted by molar-refractivity contribution is 0.0600. The summed E-state index contributed by atoms with van der Waals surface area (Å²) in [6.45, 7) is 8.13. The lowest BCUT2D eigenvalue weighted by Gasteiger charge is -2.22. The minimum Gasteiger partial charge on any atom is -0.507 e. The van der Waals surface area contributed by atoms with Gasteiger partial charge in [0.25, 0.3) is 0 Å². The van der Waals surface area contributed by atoms with Crippen molar-refractivity contribution in [1.82, 2.24) is 4.90 Å². The number of hydrogen-bond donors (Lipinski definition) is 1. The van der Waals surface area contributed by atoms with E-state index in [0.717, 1.165) is 25.9 Å². The Labute approximate surface area is 187 Å². The number of hydrogen-bond acceptors (Lipinski definition) is 7. The molecule has 1 heterocycles. The van der Waals surface area contributed by atoms with Gasteiger partial charge in [-0.1, -0.05) is 13.8 Å². The standard InChI is InChI=1S/C25H29NO6/c1-5-13-26(14-6-2)15-20-21(27)12-11-19-22(28)23(16(3)31-24(19)20)32-18-9-7-17(8-10-18)25(29)30-4/h7-12,27H,5-6,13-15H2,1-4H3. The number of rotatable bonds is 9. The number of fused-ring (bicyclic) bond motifs is 1. The van der Waals surface area contributed by atoms with E-state index >= 15 is 0 Å². The van der Waals surface area contributed by atoms with Crippen LogP contribution in [0, 0.1) is 6.92 Å². The zero-order chi connectivity index (χ0) is 23.3. The number of ether oxygens (including phenoxy) is 2. The van der Waals surface area contributed by atoms with Gasteiger partial charge in [-0.15, -0.1) is 0 Å². The Morgan fingerprint density at radius 3 is 2.31 bits per heavy atom. The number of aromatic hydroxyl groups is 1. The molecule has 0 atom stereocenters. The van der Waals surface area contributed by atoms with Crippen LogP contribution in [0.25, 0.3) is 11.0 Å². The molecule has 0 aliphatic rings. The van der Waals surface area contributed by atoms with E-state index in [-0.39, 0.29) is 16.9 Å². The van der Waals surface area contributed by atoms with Crippen LogP contribution in [0.3, 0.4) is 0 Å². The number of phenols is 1. The predicted molar refractivity (Wildman–Crippen MR) is 123 cm³/mol. The van der Waals surface area contributed by atoms with Crippen molar-refractivity contribution in [2.75, 3.05) is 20.2 Å². The number of phenolic OH excluding ortho intramolecular Hbond substituents is 1. The average molecular weight is 440 g/mol. The van der Waals surface area contributed by atoms with Crippen LogP contribution >= 0.6 is 0 Å². The van der Waals surface area contributed by atoms with Crippen LogP contribution < -0.4 is 10.2 Å². The minimum atomic E-state index is -0.453. The summed E-state index contributed by atoms with van der Waals surface area (Å²) < 4.78 is 16.5. The SMILES string of the molecule is CCCN(CCC)Cc1c(O)ccc2c(=O)c(Oc3ccc(C(=O)OC)cc3)c(C)oc12. The second-order valence-electron chi connectivity index (χ2n) is 7.65. The van der Waals surface area contributed by atoms with Crippen molar-refractivity contribution in [3.8, 4) is 17.2 Å². The van der Waals surface area contributed by atoms with E-state index in [0.29, 0.717) is 40.2 Å². The molecule has 0 saturated heterocycles. The molecule has 0 amide bonds. The fraction of sp³-hybridized carbons (Fsp3) is 0.360. The molecule has 0 saturated carbocycles. The molecule has 170 valence electrons. The molecule has 0 bridgehead atoms. The average Bonchev–Trinajstić information content (AvgIpc) is 2.78. The summed E-state index contributed by atoms with van der Waals surface area (Å²) >= 11 is 0. The Morgan fingerprint density at radius 2 is 1.72 bits per heavy atom. The third-order valence-corrected chi connectivity index (χ3v) is 5.22. The first-order valence-electron chi connectivity index (χ1n) is 10.8. The van der Waals surface area contributed by atoms with Gasteiger partial charge in [-0.25, -0.2) is 4.79 Å². The first kappa shape index (κ1) is 23.3. The normalized spacial score (nSPS) is 11.2. The van der Waals surface area contributed by atoms with Crippen LogP contribution in [0.15, 0.2) is 45.6 Å². The Kier molecular flexibility index (Phi) is 7.53. The van der Waals surface area contributed by atoms with Gasteiger partial charge in [0.2, 0.25) is 11.2 Å². The summed E-state index contributed by atoms with van der Waals surface area (Å²) in [6, 6.07) is 9.37. The molecule has 2 aromatic carbocycles. The Balaban J connectivity index is 2.00. The van der Waals surface area contributed by atoms with Gasteiger partial charge in [0.1, 0.15) is 22.8 Å². The molecular formula is C25H29NO6. The summed E-state index contributed by atoms with van der Waals surface area (Å²) in [5, 5.41) is 10.9. The lowest BCUT2D eigenvalue weighted by Crippen LogP contribution is -2.25. The molecule has 1 N–H and O–H groups in total. The second kappa shape index (κ2) is 10.3. The van der Waals surface area contributed by atoms with Crippen LogP contribution in [-0.2, 0) is 11.3 Å². The van der Waals surface area contributed by atoms with E-state index in [4.69, 9.17) is 13.9 Å². The summed E-state index contributed by atoms with van der Waals surface area (Å²) in [6.07, 6.45) is 1.97. The molecule has 0 spiro atoms. The molecule has 1 aromatic heterocycles. The van der Waals surface area contributed by atoms with Crippen molar-refractivity contribution >= 4 is 16.9 Å². The highest BCUT2D eigenvalue weighted by Gasteiger charge is 2.20. The van der Waals surface area contributed by atoms with Gasteiger partial charge < -0.3 is 19.0 Å². The number of carbonyl (C=O) groups excluding carboxylic acids is 1. The maximum Gasteiger partial charge on any atom is 0.337 e. The zero-order valence-corrected chi connectivity index (χ0v) is 18.9. The van der Waals surface area contributed by atoms with E-state index in [9.17, 15) is 14.7 Å². The third kappa shape index (κ3) is 4.94. The Bertz CT molecular complexity index is 1140. The van der Waals surface area contributed by atoms with Crippen LogP contribution in [0.1, 0.15) is 48.4 Å². The molecule has 0 unspecified atom stereocenters. The number of methoxy groups -OCH3 is 1. The molecule has 7 nitrogen and oxygen atoms in total. The highest BCUT2D eigenvalue weighted by atomic mass is 16.5. The summed E-state index contributed by atoms with van der Waals surface area (Å²) in [4.78, 5) is 27.1. The van der Waals surface area contributed by atoms with Gasteiger partial charge in [0, 0.05) is 6.54 Å². The topological polar surface area (TPSA) is 89.2 Å². The van der Waals surface area contributed by atoms with Gasteiger partial charge in [-0.2, -0.15) is 0 Å². The minimum absolute atomic E-state index is 0.0685. The van der Waals surface area contributed by atoms with Gasteiger partial charge in [0.15, 0.2) is 0 Å². The van der Waals surface area contributed by atoms with Crippen molar-refractivity contribution in [1.29, 1.82) is 0 Å². The van der Waals surface area contributed by atoms with E-state index in [1.165, 1.54) is 13.2 Å². The van der Waals surface area contributed by atoms with Crippen LogP contribution in [0.4, 0.5) is 0 Å². The number of nitrogens with zero attached hydrogens (tertiary/aromatic N) is 1. The zero-order valence-electron chi connectivity index (χ0n) is 18.9. The molecule has 0 aliphatic carbocycles. The molecule has 0 fully saturated rings. The van der Waals surface area contributed by atoms with Crippen LogP contribution in [0.2, 0.25) is 0 Å². The quantitative estimate of drug-likeness (QED) is 0.469. The predicted octanol–water partition coefficient (Wildman–Crippen LogP) is 5.01. The van der Waals surface area contributed by atoms with Crippen LogP contribution in [-0.4, -0.2) is 36.2 Å². The molecule has 7 heteroatoms. The number of aryl methyl sites for hydroxylation is 1. The summed E-state index contributed by atoms with van der Waals surface area (Å²) in [5.74, 6) is 0.418. The Morgan fingerprint density at radius 1 is 1.06 bits per heavy atom. The second-order valence-corrected chi connectivity index (χ2v) is 7.65. The highest BCUT2D eigenvalue weighted by molar-refractivity contribution is 5.89. The van der Waals surface area contributed by atoms with Gasteiger partial charge >= 0.3 is 5.97 Å². The Hall–Kier alpha value is -3.32. The lowest BCUT2D eigenvalue weighted by atomic mass is 10.1. The molecule has 0 radical (unpaired) electrons. The summed E-state index contributed by atoms with van der Waals surface area (Å²) in [5.41, 5.74) is 1.03. The number of carbonyl (C=O) groups is 1. The molecule has 32 heavy (non-hydrogen) atoms. The van der Waals surface area contributed by atoms with E-state index in [1.54, 1.807) is 37.3 Å². The fourth-order valence-corrected chi connectivity index (χ4v) is 3.69. The van der Waals surface area contributed by atoms with Crippen molar-refractivity contribution in [3.63, 3.8) is 0 Å². The van der Waals surface area contributed by atoms with Gasteiger partial charge in [-0.05, 0) is 69.3 Å². The molecular weight excluding hydrogens is 410 g/mol. The third-order valence-electron chi connectivity index (χ3n) is 5.22. The summed E-state index contributed by atoms with van der Waals surface area (Å²) in [7, 11) is 1.31.